The summed E-state index contributed by atoms with van der Waals surface area (Å²) >= 11 is 11.8. The molecule has 0 saturated heterocycles. The second-order valence-corrected chi connectivity index (χ2v) is 5.95. The summed E-state index contributed by atoms with van der Waals surface area (Å²) in [5.74, 6) is 0.942. The lowest BCUT2D eigenvalue weighted by Crippen LogP contribution is -2.24. The minimum absolute atomic E-state index is 0. The second-order valence-electron chi connectivity index (χ2n) is 5.10. The highest BCUT2D eigenvalue weighted by Gasteiger charge is 2.02. The number of rotatable bonds is 5. The third kappa shape index (κ3) is 6.33. The normalized spacial score (nSPS) is 10.9. The van der Waals surface area contributed by atoms with E-state index in [2.05, 4.69) is 34.5 Å². The Morgan fingerprint density at radius 1 is 1.21 bits per heavy atom. The molecule has 1 aromatic carbocycles. The Labute approximate surface area is 169 Å². The molecule has 0 spiro atoms. The molecule has 1 heterocycles. The molecule has 2 aromatic rings. The van der Waals surface area contributed by atoms with Gasteiger partial charge in [-0.15, -0.1) is 24.0 Å². The van der Waals surface area contributed by atoms with Crippen LogP contribution in [0.3, 0.4) is 0 Å². The molecule has 0 aliphatic carbocycles. The maximum Gasteiger partial charge on any atom is 0.193 e. The smallest absolute Gasteiger partial charge is 0.193 e. The van der Waals surface area contributed by atoms with Gasteiger partial charge in [-0.25, -0.2) is 4.98 Å². The van der Waals surface area contributed by atoms with Gasteiger partial charge in [0.05, 0.1) is 16.6 Å². The second kappa shape index (κ2) is 9.90. The van der Waals surface area contributed by atoms with Crippen molar-refractivity contribution < 1.29 is 0 Å². The number of hydrogen-bond acceptors (Lipinski definition) is 3. The van der Waals surface area contributed by atoms with Gasteiger partial charge < -0.3 is 16.4 Å². The highest BCUT2D eigenvalue weighted by Crippen LogP contribution is 2.22. The van der Waals surface area contributed by atoms with Gasteiger partial charge in [-0.2, -0.15) is 0 Å². The number of nitrogens with zero attached hydrogens (tertiary/aromatic N) is 2. The molecule has 0 radical (unpaired) electrons. The molecule has 0 amide bonds. The molecule has 1 aromatic heterocycles. The standard InChI is InChI=1S/C16H19Cl2N5.HI/c1-10-3-4-13(7-11(10)2)23-16(19)21-6-5-20-15-14(18)8-12(17)9-22-15;/h3-4,7-9H,5-6H2,1-2H3,(H,20,22)(H3,19,21,23);1H. The van der Waals surface area contributed by atoms with E-state index in [9.17, 15) is 0 Å². The molecule has 4 N–H and O–H groups in total. The molecule has 24 heavy (non-hydrogen) atoms. The largest absolute Gasteiger partial charge is 0.370 e. The maximum absolute atomic E-state index is 6.02. The molecule has 5 nitrogen and oxygen atoms in total. The number of aryl methyl sites for hydroxylation is 2. The average molecular weight is 480 g/mol. The summed E-state index contributed by atoms with van der Waals surface area (Å²) in [6.07, 6.45) is 1.54. The maximum atomic E-state index is 6.02. The summed E-state index contributed by atoms with van der Waals surface area (Å²) in [6.45, 7) is 5.17. The molecule has 0 aliphatic rings. The highest BCUT2D eigenvalue weighted by molar-refractivity contribution is 14.0. The fraction of sp³-hybridized carbons (Fsp3) is 0.250. The monoisotopic (exact) mass is 479 g/mol. The molecule has 0 bridgehead atoms. The van der Waals surface area contributed by atoms with Crippen molar-refractivity contribution in [2.45, 2.75) is 13.8 Å². The predicted molar refractivity (Wildman–Crippen MR) is 114 cm³/mol. The molecule has 0 aliphatic heterocycles. The first-order valence-corrected chi connectivity index (χ1v) is 7.90. The van der Waals surface area contributed by atoms with Crippen molar-refractivity contribution in [3.05, 3.63) is 51.6 Å². The average Bonchev–Trinajstić information content (AvgIpc) is 2.49. The highest BCUT2D eigenvalue weighted by atomic mass is 127. The van der Waals surface area contributed by atoms with Crippen molar-refractivity contribution in [3.63, 3.8) is 0 Å². The zero-order chi connectivity index (χ0) is 16.8. The first-order chi connectivity index (χ1) is 11.0. The lowest BCUT2D eigenvalue weighted by molar-refractivity contribution is 1.01. The van der Waals surface area contributed by atoms with E-state index in [0.717, 1.165) is 5.69 Å². The molecule has 2 rings (SSSR count). The SMILES string of the molecule is Cc1ccc(NC(N)=NCCNc2ncc(Cl)cc2Cl)cc1C.I. The van der Waals surface area contributed by atoms with Crippen LogP contribution in [0.5, 0.6) is 0 Å². The van der Waals surface area contributed by atoms with Crippen LogP contribution in [-0.2, 0) is 0 Å². The van der Waals surface area contributed by atoms with Crippen molar-refractivity contribution in [3.8, 4) is 0 Å². The van der Waals surface area contributed by atoms with Crippen LogP contribution < -0.4 is 16.4 Å². The predicted octanol–water partition coefficient (Wildman–Crippen LogP) is 4.46. The van der Waals surface area contributed by atoms with E-state index in [1.54, 1.807) is 6.07 Å². The number of pyridine rings is 1. The number of halogens is 3. The fourth-order valence-electron chi connectivity index (χ4n) is 1.90. The van der Waals surface area contributed by atoms with Gasteiger partial charge >= 0.3 is 0 Å². The van der Waals surface area contributed by atoms with Crippen molar-refractivity contribution in [1.29, 1.82) is 0 Å². The van der Waals surface area contributed by atoms with Crippen molar-refractivity contribution in [2.24, 2.45) is 10.7 Å². The zero-order valence-electron chi connectivity index (χ0n) is 13.4. The minimum Gasteiger partial charge on any atom is -0.370 e. The third-order valence-electron chi connectivity index (χ3n) is 3.27. The van der Waals surface area contributed by atoms with E-state index in [1.807, 2.05) is 18.2 Å². The molecule has 0 atom stereocenters. The Morgan fingerprint density at radius 3 is 2.62 bits per heavy atom. The van der Waals surface area contributed by atoms with Gasteiger partial charge in [-0.05, 0) is 43.2 Å². The first-order valence-electron chi connectivity index (χ1n) is 7.15. The quantitative estimate of drug-likeness (QED) is 0.256. The van der Waals surface area contributed by atoms with Crippen LogP contribution in [0.25, 0.3) is 0 Å². The molecule has 0 fully saturated rings. The van der Waals surface area contributed by atoms with E-state index >= 15 is 0 Å². The number of guanidine groups is 1. The van der Waals surface area contributed by atoms with E-state index < -0.39 is 0 Å². The van der Waals surface area contributed by atoms with Gasteiger partial charge in [0.25, 0.3) is 0 Å². The number of aliphatic imine (C=N–C) groups is 1. The van der Waals surface area contributed by atoms with Crippen LogP contribution in [0.4, 0.5) is 11.5 Å². The Morgan fingerprint density at radius 2 is 1.96 bits per heavy atom. The van der Waals surface area contributed by atoms with Crippen LogP contribution in [0, 0.1) is 13.8 Å². The van der Waals surface area contributed by atoms with Crippen molar-refractivity contribution in [2.75, 3.05) is 23.7 Å². The van der Waals surface area contributed by atoms with Crippen LogP contribution in [0.1, 0.15) is 11.1 Å². The first kappa shape index (κ1) is 20.8. The summed E-state index contributed by atoms with van der Waals surface area (Å²) in [4.78, 5) is 8.37. The van der Waals surface area contributed by atoms with E-state index in [4.69, 9.17) is 28.9 Å². The van der Waals surface area contributed by atoms with Gasteiger partial charge in [-0.3, -0.25) is 4.99 Å². The van der Waals surface area contributed by atoms with E-state index in [-0.39, 0.29) is 24.0 Å². The Hall–Kier alpha value is -1.25. The minimum atomic E-state index is 0. The molecule has 0 unspecified atom stereocenters. The third-order valence-corrected chi connectivity index (χ3v) is 3.77. The zero-order valence-corrected chi connectivity index (χ0v) is 17.3. The van der Waals surface area contributed by atoms with Gasteiger partial charge in [0.15, 0.2) is 5.96 Å². The Balaban J connectivity index is 0.00000288. The van der Waals surface area contributed by atoms with Crippen LogP contribution >= 0.6 is 47.2 Å². The van der Waals surface area contributed by atoms with E-state index in [1.165, 1.54) is 17.3 Å². The number of benzene rings is 1. The van der Waals surface area contributed by atoms with E-state index in [0.29, 0.717) is 34.9 Å². The summed E-state index contributed by atoms with van der Waals surface area (Å²) in [7, 11) is 0. The fourth-order valence-corrected chi connectivity index (χ4v) is 2.35. The van der Waals surface area contributed by atoms with Crippen LogP contribution in [-0.4, -0.2) is 24.0 Å². The Bertz CT molecular complexity index is 722. The lowest BCUT2D eigenvalue weighted by atomic mass is 10.1. The van der Waals surface area contributed by atoms with Crippen LogP contribution in [0.2, 0.25) is 10.0 Å². The van der Waals surface area contributed by atoms with Crippen molar-refractivity contribution in [1.82, 2.24) is 4.98 Å². The van der Waals surface area contributed by atoms with Crippen molar-refractivity contribution >= 4 is 64.6 Å². The lowest BCUT2D eigenvalue weighted by Gasteiger charge is -2.09. The molecular formula is C16H20Cl2IN5. The number of hydrogen-bond donors (Lipinski definition) is 3. The van der Waals surface area contributed by atoms with Crippen LogP contribution in [0.15, 0.2) is 35.5 Å². The summed E-state index contributed by atoms with van der Waals surface area (Å²) < 4.78 is 0. The molecule has 8 heteroatoms. The van der Waals surface area contributed by atoms with Gasteiger partial charge in [0.1, 0.15) is 5.82 Å². The molecule has 130 valence electrons. The number of anilines is 2. The number of nitrogens with two attached hydrogens (primary N) is 1. The van der Waals surface area contributed by atoms with Gasteiger partial charge in [0.2, 0.25) is 0 Å². The van der Waals surface area contributed by atoms with Gasteiger partial charge in [-0.1, -0.05) is 29.3 Å². The summed E-state index contributed by atoms with van der Waals surface area (Å²) in [6, 6.07) is 7.69. The molecular weight excluding hydrogens is 460 g/mol. The molecule has 0 saturated carbocycles. The Kier molecular flexibility index (Phi) is 8.58. The topological polar surface area (TPSA) is 75.3 Å². The number of nitrogens with one attached hydrogen (secondary N) is 2. The van der Waals surface area contributed by atoms with Gasteiger partial charge in [0, 0.05) is 18.4 Å². The summed E-state index contributed by atoms with van der Waals surface area (Å²) in [5, 5.41) is 7.13. The summed E-state index contributed by atoms with van der Waals surface area (Å²) in [5.41, 5.74) is 9.24. The number of aromatic nitrogens is 1.